The van der Waals surface area contributed by atoms with Gasteiger partial charge in [-0.3, -0.25) is 24.6 Å². The number of anilines is 1. The van der Waals surface area contributed by atoms with Gasteiger partial charge in [-0.1, -0.05) is 30.3 Å². The molecule has 3 aliphatic heterocycles. The minimum atomic E-state index is -1.21. The van der Waals surface area contributed by atoms with E-state index >= 15 is 0 Å². The molecule has 3 unspecified atom stereocenters. The monoisotopic (exact) mass is 471 g/mol. The summed E-state index contributed by atoms with van der Waals surface area (Å²) in [5.41, 5.74) is 1.32. The molecule has 3 heterocycles. The summed E-state index contributed by atoms with van der Waals surface area (Å²) in [6, 6.07) is 19.1. The lowest BCUT2D eigenvalue weighted by Gasteiger charge is -2.36. The van der Waals surface area contributed by atoms with Crippen LogP contribution in [0.3, 0.4) is 0 Å². The molecule has 0 radical (unpaired) electrons. The van der Waals surface area contributed by atoms with Crippen LogP contribution in [-0.2, 0) is 10.3 Å². The Labute approximate surface area is 200 Å². The van der Waals surface area contributed by atoms with Crippen LogP contribution in [0.5, 0.6) is 0 Å². The Morgan fingerprint density at radius 2 is 1.77 bits per heavy atom. The first kappa shape index (κ1) is 21.6. The second-order valence-electron chi connectivity index (χ2n) is 9.39. The van der Waals surface area contributed by atoms with Crippen LogP contribution in [0.15, 0.2) is 72.8 Å². The highest BCUT2D eigenvalue weighted by Crippen LogP contribution is 2.61. The Morgan fingerprint density at radius 3 is 2.49 bits per heavy atom. The number of hydrogen-bond acceptors (Lipinski definition) is 5. The van der Waals surface area contributed by atoms with Crippen molar-refractivity contribution in [3.05, 3.63) is 105 Å². The van der Waals surface area contributed by atoms with Gasteiger partial charge in [-0.15, -0.1) is 0 Å². The van der Waals surface area contributed by atoms with E-state index in [-0.39, 0.29) is 29.3 Å². The molecule has 8 heteroatoms. The standard InChI is InChI=1S/C27H22FN3O4/c28-18-11-7-17(8-12-18)25(32)24-23(16-9-13-19(14-10-16)31(34)35)22-6-3-15-30(22)27(24)20-4-1-2-5-21(20)29-26(27)33/h1-2,4-5,7-14,22-24H,3,6,15H2,(H,29,33)/t22?,23?,24?,27-/m1/s1. The lowest BCUT2D eigenvalue weighted by atomic mass is 9.69. The van der Waals surface area contributed by atoms with Crippen LogP contribution in [0.2, 0.25) is 0 Å². The molecule has 3 aromatic rings. The number of carbonyl (C=O) groups excluding carboxylic acids is 2. The predicted molar refractivity (Wildman–Crippen MR) is 127 cm³/mol. The summed E-state index contributed by atoms with van der Waals surface area (Å²) in [7, 11) is 0. The van der Waals surface area contributed by atoms with Crippen molar-refractivity contribution in [1.29, 1.82) is 0 Å². The number of nitrogens with zero attached hydrogens (tertiary/aromatic N) is 2. The normalized spacial score (nSPS) is 27.0. The number of para-hydroxylation sites is 1. The number of halogens is 1. The second kappa shape index (κ2) is 7.81. The van der Waals surface area contributed by atoms with E-state index in [0.717, 1.165) is 24.0 Å². The summed E-state index contributed by atoms with van der Waals surface area (Å²) in [4.78, 5) is 41.0. The van der Waals surface area contributed by atoms with Crippen molar-refractivity contribution in [2.45, 2.75) is 30.3 Å². The van der Waals surface area contributed by atoms with Crippen molar-refractivity contribution in [1.82, 2.24) is 4.90 Å². The molecule has 7 nitrogen and oxygen atoms in total. The third-order valence-electron chi connectivity index (χ3n) is 7.81. The number of benzene rings is 3. The van der Waals surface area contributed by atoms with Crippen molar-refractivity contribution >= 4 is 23.1 Å². The summed E-state index contributed by atoms with van der Waals surface area (Å²) in [6.45, 7) is 0.656. The molecule has 1 N–H and O–H groups in total. The van der Waals surface area contributed by atoms with Gasteiger partial charge in [-0.25, -0.2) is 4.39 Å². The second-order valence-corrected chi connectivity index (χ2v) is 9.39. The zero-order valence-electron chi connectivity index (χ0n) is 18.7. The minimum Gasteiger partial charge on any atom is -0.324 e. The van der Waals surface area contributed by atoms with E-state index in [0.29, 0.717) is 17.8 Å². The minimum absolute atomic E-state index is 0.0323. The summed E-state index contributed by atoms with van der Waals surface area (Å²) >= 11 is 0. The van der Waals surface area contributed by atoms with E-state index in [1.165, 1.54) is 36.4 Å². The molecule has 176 valence electrons. The summed E-state index contributed by atoms with van der Waals surface area (Å²) in [6.07, 6.45) is 1.68. The smallest absolute Gasteiger partial charge is 0.269 e. The Kier molecular flexibility index (Phi) is 4.82. The van der Waals surface area contributed by atoms with Gasteiger partial charge in [-0.05, 0) is 55.3 Å². The van der Waals surface area contributed by atoms with Crippen LogP contribution in [0, 0.1) is 21.8 Å². The van der Waals surface area contributed by atoms with Crippen molar-refractivity contribution in [3.8, 4) is 0 Å². The van der Waals surface area contributed by atoms with Crippen molar-refractivity contribution in [2.75, 3.05) is 11.9 Å². The fourth-order valence-electron chi connectivity index (χ4n) is 6.50. The van der Waals surface area contributed by atoms with Gasteiger partial charge in [0.2, 0.25) is 5.91 Å². The van der Waals surface area contributed by atoms with Crippen molar-refractivity contribution in [2.24, 2.45) is 5.92 Å². The number of hydrogen-bond donors (Lipinski definition) is 1. The molecule has 3 aromatic carbocycles. The Hall–Kier alpha value is -3.91. The number of ketones is 1. The van der Waals surface area contributed by atoms with Gasteiger partial charge in [0.1, 0.15) is 11.4 Å². The summed E-state index contributed by atoms with van der Waals surface area (Å²) < 4.78 is 13.7. The molecule has 4 atom stereocenters. The fraction of sp³-hybridized carbons (Fsp3) is 0.259. The maximum atomic E-state index is 14.2. The van der Waals surface area contributed by atoms with Gasteiger partial charge in [0.25, 0.3) is 5.69 Å². The van der Waals surface area contributed by atoms with E-state index in [4.69, 9.17) is 0 Å². The third-order valence-corrected chi connectivity index (χ3v) is 7.81. The fourth-order valence-corrected chi connectivity index (χ4v) is 6.50. The Bertz CT molecular complexity index is 1360. The van der Waals surface area contributed by atoms with Crippen LogP contribution in [0.1, 0.15) is 40.2 Å². The molecule has 6 rings (SSSR count). The van der Waals surface area contributed by atoms with Crippen molar-refractivity contribution in [3.63, 3.8) is 0 Å². The molecular weight excluding hydrogens is 449 g/mol. The predicted octanol–water partition coefficient (Wildman–Crippen LogP) is 4.64. The molecule has 2 saturated heterocycles. The SMILES string of the molecule is O=C(c1ccc(F)cc1)C1C(c2ccc([N+](=O)[O-])cc2)C2CCCN2[C@@]12C(=O)Nc1ccccc12. The number of nitrogens with one attached hydrogen (secondary N) is 1. The number of rotatable bonds is 4. The number of fused-ring (bicyclic) bond motifs is 4. The van der Waals surface area contributed by atoms with E-state index in [9.17, 15) is 24.1 Å². The topological polar surface area (TPSA) is 92.5 Å². The highest BCUT2D eigenvalue weighted by molar-refractivity contribution is 6.12. The average Bonchev–Trinajstić information content (AvgIpc) is 3.52. The number of non-ortho nitro benzene ring substituents is 1. The van der Waals surface area contributed by atoms with E-state index in [1.807, 2.05) is 24.3 Å². The highest BCUT2D eigenvalue weighted by Gasteiger charge is 2.69. The molecule has 0 saturated carbocycles. The van der Waals surface area contributed by atoms with E-state index in [2.05, 4.69) is 10.2 Å². The lowest BCUT2D eigenvalue weighted by Crippen LogP contribution is -2.52. The van der Waals surface area contributed by atoms with Gasteiger partial charge < -0.3 is 5.32 Å². The quantitative estimate of drug-likeness (QED) is 0.340. The molecule has 3 aliphatic rings. The zero-order chi connectivity index (χ0) is 24.3. The largest absolute Gasteiger partial charge is 0.324 e. The van der Waals surface area contributed by atoms with Gasteiger partial charge in [0.05, 0.1) is 10.8 Å². The zero-order valence-corrected chi connectivity index (χ0v) is 18.7. The molecule has 1 spiro atoms. The molecule has 1 amide bonds. The van der Waals surface area contributed by atoms with Crippen molar-refractivity contribution < 1.29 is 18.9 Å². The van der Waals surface area contributed by atoms with Gasteiger partial charge in [0, 0.05) is 40.9 Å². The number of amides is 1. The van der Waals surface area contributed by atoms with Crippen LogP contribution in [0.25, 0.3) is 0 Å². The first-order chi connectivity index (χ1) is 16.9. The number of nitro benzene ring substituents is 1. The van der Waals surface area contributed by atoms with E-state index in [1.54, 1.807) is 12.1 Å². The first-order valence-electron chi connectivity index (χ1n) is 11.6. The molecule has 2 fully saturated rings. The molecular formula is C27H22FN3O4. The van der Waals surface area contributed by atoms with Crippen LogP contribution >= 0.6 is 0 Å². The van der Waals surface area contributed by atoms with Crippen LogP contribution in [0.4, 0.5) is 15.8 Å². The Balaban J connectivity index is 1.58. The number of carbonyl (C=O) groups is 2. The summed E-state index contributed by atoms with van der Waals surface area (Å²) in [5.74, 6) is -2.08. The maximum absolute atomic E-state index is 14.2. The van der Waals surface area contributed by atoms with Crippen LogP contribution < -0.4 is 5.32 Å². The maximum Gasteiger partial charge on any atom is 0.269 e. The van der Waals surface area contributed by atoms with E-state index < -0.39 is 22.2 Å². The number of Topliss-reactive ketones (excluding diaryl/α,β-unsaturated/α-hetero) is 1. The van der Waals surface area contributed by atoms with Gasteiger partial charge in [-0.2, -0.15) is 0 Å². The average molecular weight is 471 g/mol. The highest BCUT2D eigenvalue weighted by atomic mass is 19.1. The molecule has 0 bridgehead atoms. The molecule has 0 aliphatic carbocycles. The number of nitro groups is 1. The third kappa shape index (κ3) is 2.99. The first-order valence-corrected chi connectivity index (χ1v) is 11.6. The lowest BCUT2D eigenvalue weighted by molar-refractivity contribution is -0.384. The molecule has 0 aromatic heterocycles. The summed E-state index contributed by atoms with van der Waals surface area (Å²) in [5, 5.41) is 14.2. The van der Waals surface area contributed by atoms with Gasteiger partial charge >= 0.3 is 0 Å². The Morgan fingerprint density at radius 1 is 1.06 bits per heavy atom. The molecule has 35 heavy (non-hydrogen) atoms. The van der Waals surface area contributed by atoms with Crippen LogP contribution in [-0.4, -0.2) is 34.1 Å². The van der Waals surface area contributed by atoms with Gasteiger partial charge in [0.15, 0.2) is 5.78 Å².